The van der Waals surface area contributed by atoms with Gasteiger partial charge in [-0.05, 0) is 31.2 Å². The largest absolute Gasteiger partial charge is 0.479 e. The van der Waals surface area contributed by atoms with E-state index in [1.807, 2.05) is 12.1 Å². The molecular weight excluding hydrogens is 270 g/mol. The predicted octanol–water partition coefficient (Wildman–Crippen LogP) is 2.48. The minimum absolute atomic E-state index is 0.485. The number of carboxylic acid groups (broad SMARTS) is 1. The van der Waals surface area contributed by atoms with E-state index in [1.54, 1.807) is 30.6 Å². The number of fused-ring (bicyclic) bond motifs is 1. The van der Waals surface area contributed by atoms with Gasteiger partial charge in [-0.15, -0.1) is 0 Å². The summed E-state index contributed by atoms with van der Waals surface area (Å²) in [5.74, 6) is 0.191. The number of aliphatic carboxylic acids is 1. The van der Waals surface area contributed by atoms with Gasteiger partial charge < -0.3 is 14.8 Å². The van der Waals surface area contributed by atoms with Gasteiger partial charge in [0.05, 0.1) is 11.0 Å². The van der Waals surface area contributed by atoms with E-state index in [9.17, 15) is 4.79 Å². The summed E-state index contributed by atoms with van der Waals surface area (Å²) in [5.41, 5.74) is 2.45. The SMILES string of the molecule is CC(Oc1ccc2nc(-c3cccnc3)[nH]c2c1)C(=O)O. The maximum Gasteiger partial charge on any atom is 0.344 e. The lowest BCUT2D eigenvalue weighted by Gasteiger charge is -2.09. The second kappa shape index (κ2) is 5.24. The summed E-state index contributed by atoms with van der Waals surface area (Å²) in [5, 5.41) is 8.86. The molecule has 0 aliphatic rings. The van der Waals surface area contributed by atoms with Crippen LogP contribution in [0.2, 0.25) is 0 Å². The van der Waals surface area contributed by atoms with E-state index in [-0.39, 0.29) is 0 Å². The number of carboxylic acids is 1. The Kier molecular flexibility index (Phi) is 3.27. The molecule has 0 aliphatic heterocycles. The molecule has 0 saturated carbocycles. The fourth-order valence-electron chi connectivity index (χ4n) is 1.96. The first-order valence-electron chi connectivity index (χ1n) is 6.43. The highest BCUT2D eigenvalue weighted by Crippen LogP contribution is 2.23. The number of pyridine rings is 1. The van der Waals surface area contributed by atoms with Crippen LogP contribution in [0, 0.1) is 0 Å². The van der Waals surface area contributed by atoms with E-state index in [0.717, 1.165) is 16.6 Å². The molecule has 1 aromatic carbocycles. The number of hydrogen-bond acceptors (Lipinski definition) is 4. The molecule has 106 valence electrons. The molecular formula is C15H13N3O3. The number of aromatic nitrogens is 3. The van der Waals surface area contributed by atoms with Gasteiger partial charge in [0, 0.05) is 24.0 Å². The van der Waals surface area contributed by atoms with Gasteiger partial charge in [-0.1, -0.05) is 0 Å². The lowest BCUT2D eigenvalue weighted by Crippen LogP contribution is -2.22. The standard InChI is InChI=1S/C15H13N3O3/c1-9(15(19)20)21-11-4-5-12-13(7-11)18-14(17-12)10-3-2-6-16-8-10/h2-9H,1H3,(H,17,18)(H,19,20). The molecule has 0 aliphatic carbocycles. The molecule has 2 N–H and O–H groups in total. The van der Waals surface area contributed by atoms with Gasteiger partial charge >= 0.3 is 5.97 Å². The van der Waals surface area contributed by atoms with Crippen molar-refractivity contribution < 1.29 is 14.6 Å². The Bertz CT molecular complexity index is 783. The molecule has 0 bridgehead atoms. The molecule has 1 unspecified atom stereocenters. The molecule has 0 amide bonds. The Morgan fingerprint density at radius 3 is 2.95 bits per heavy atom. The normalized spacial score (nSPS) is 12.2. The quantitative estimate of drug-likeness (QED) is 0.768. The Balaban J connectivity index is 1.94. The molecule has 2 heterocycles. The van der Waals surface area contributed by atoms with Crippen molar-refractivity contribution in [1.82, 2.24) is 15.0 Å². The third-order valence-corrected chi connectivity index (χ3v) is 3.05. The number of nitrogens with one attached hydrogen (secondary N) is 1. The monoisotopic (exact) mass is 283 g/mol. The molecule has 21 heavy (non-hydrogen) atoms. The number of aromatic amines is 1. The fourth-order valence-corrected chi connectivity index (χ4v) is 1.96. The second-order valence-corrected chi connectivity index (χ2v) is 4.60. The number of hydrogen-bond donors (Lipinski definition) is 2. The molecule has 2 aromatic heterocycles. The van der Waals surface area contributed by atoms with Crippen LogP contribution in [0.1, 0.15) is 6.92 Å². The van der Waals surface area contributed by atoms with E-state index in [2.05, 4.69) is 15.0 Å². The zero-order valence-corrected chi connectivity index (χ0v) is 11.3. The number of H-pyrrole nitrogens is 1. The smallest absolute Gasteiger partial charge is 0.344 e. The van der Waals surface area contributed by atoms with Crippen LogP contribution in [-0.4, -0.2) is 32.1 Å². The average Bonchev–Trinajstić information content (AvgIpc) is 2.91. The van der Waals surface area contributed by atoms with E-state index in [1.165, 1.54) is 6.92 Å². The Hall–Kier alpha value is -2.89. The van der Waals surface area contributed by atoms with Crippen LogP contribution < -0.4 is 4.74 Å². The van der Waals surface area contributed by atoms with Gasteiger partial charge in [0.15, 0.2) is 6.10 Å². The third kappa shape index (κ3) is 2.69. The van der Waals surface area contributed by atoms with Crippen molar-refractivity contribution in [1.29, 1.82) is 0 Å². The number of imidazole rings is 1. The van der Waals surface area contributed by atoms with Crippen LogP contribution in [0.25, 0.3) is 22.4 Å². The highest BCUT2D eigenvalue weighted by molar-refractivity contribution is 5.81. The van der Waals surface area contributed by atoms with Gasteiger partial charge in [0.1, 0.15) is 11.6 Å². The summed E-state index contributed by atoms with van der Waals surface area (Å²) < 4.78 is 5.34. The summed E-state index contributed by atoms with van der Waals surface area (Å²) >= 11 is 0. The summed E-state index contributed by atoms with van der Waals surface area (Å²) in [6, 6.07) is 8.98. The molecule has 6 nitrogen and oxygen atoms in total. The van der Waals surface area contributed by atoms with Crippen molar-refractivity contribution in [3.63, 3.8) is 0 Å². The lowest BCUT2D eigenvalue weighted by atomic mass is 10.3. The van der Waals surface area contributed by atoms with E-state index in [0.29, 0.717) is 11.6 Å². The Morgan fingerprint density at radius 1 is 1.38 bits per heavy atom. The highest BCUT2D eigenvalue weighted by Gasteiger charge is 2.13. The molecule has 0 saturated heterocycles. The molecule has 6 heteroatoms. The molecule has 0 fully saturated rings. The summed E-state index contributed by atoms with van der Waals surface area (Å²) in [4.78, 5) is 22.5. The molecule has 3 rings (SSSR count). The third-order valence-electron chi connectivity index (χ3n) is 3.05. The highest BCUT2D eigenvalue weighted by atomic mass is 16.5. The predicted molar refractivity (Wildman–Crippen MR) is 77.1 cm³/mol. The first-order chi connectivity index (χ1) is 10.1. The fraction of sp³-hybridized carbons (Fsp3) is 0.133. The van der Waals surface area contributed by atoms with E-state index < -0.39 is 12.1 Å². The topological polar surface area (TPSA) is 88.1 Å². The minimum Gasteiger partial charge on any atom is -0.479 e. The number of carbonyl (C=O) groups is 1. The van der Waals surface area contributed by atoms with Crippen LogP contribution >= 0.6 is 0 Å². The van der Waals surface area contributed by atoms with Crippen molar-refractivity contribution >= 4 is 17.0 Å². The molecule has 0 radical (unpaired) electrons. The molecule has 3 aromatic rings. The van der Waals surface area contributed by atoms with E-state index >= 15 is 0 Å². The minimum atomic E-state index is -1.00. The van der Waals surface area contributed by atoms with Gasteiger partial charge in [0.25, 0.3) is 0 Å². The zero-order chi connectivity index (χ0) is 14.8. The van der Waals surface area contributed by atoms with Crippen LogP contribution in [0.15, 0.2) is 42.7 Å². The van der Waals surface area contributed by atoms with Crippen molar-refractivity contribution in [2.24, 2.45) is 0 Å². The Labute approximate surface area is 120 Å². The first kappa shape index (κ1) is 13.1. The number of nitrogens with zero attached hydrogens (tertiary/aromatic N) is 2. The van der Waals surface area contributed by atoms with Crippen molar-refractivity contribution in [2.75, 3.05) is 0 Å². The summed E-state index contributed by atoms with van der Waals surface area (Å²) in [6.45, 7) is 1.49. The lowest BCUT2D eigenvalue weighted by molar-refractivity contribution is -0.144. The van der Waals surface area contributed by atoms with E-state index in [4.69, 9.17) is 9.84 Å². The number of ether oxygens (including phenoxy) is 1. The van der Waals surface area contributed by atoms with Crippen LogP contribution in [0.4, 0.5) is 0 Å². The molecule has 0 spiro atoms. The van der Waals surface area contributed by atoms with Crippen LogP contribution in [0.5, 0.6) is 5.75 Å². The Morgan fingerprint density at radius 2 is 2.24 bits per heavy atom. The first-order valence-corrected chi connectivity index (χ1v) is 6.43. The van der Waals surface area contributed by atoms with Crippen LogP contribution in [0.3, 0.4) is 0 Å². The zero-order valence-electron chi connectivity index (χ0n) is 11.3. The maximum absolute atomic E-state index is 10.8. The molecule has 1 atom stereocenters. The van der Waals surface area contributed by atoms with Gasteiger partial charge in [-0.3, -0.25) is 4.98 Å². The number of benzene rings is 1. The number of rotatable bonds is 4. The average molecular weight is 283 g/mol. The summed E-state index contributed by atoms with van der Waals surface area (Å²) in [7, 11) is 0. The van der Waals surface area contributed by atoms with Crippen molar-refractivity contribution in [3.8, 4) is 17.1 Å². The maximum atomic E-state index is 10.8. The van der Waals surface area contributed by atoms with Gasteiger partial charge in [0.2, 0.25) is 0 Å². The van der Waals surface area contributed by atoms with Gasteiger partial charge in [-0.2, -0.15) is 0 Å². The second-order valence-electron chi connectivity index (χ2n) is 4.60. The summed E-state index contributed by atoms with van der Waals surface area (Å²) in [6.07, 6.45) is 2.52. The van der Waals surface area contributed by atoms with Crippen molar-refractivity contribution in [2.45, 2.75) is 13.0 Å². The van der Waals surface area contributed by atoms with Crippen molar-refractivity contribution in [3.05, 3.63) is 42.7 Å². The van der Waals surface area contributed by atoms with Gasteiger partial charge in [-0.25, -0.2) is 9.78 Å². The van der Waals surface area contributed by atoms with Crippen LogP contribution in [-0.2, 0) is 4.79 Å².